The number of hydrogen-bond donors (Lipinski definition) is 1. The van der Waals surface area contributed by atoms with Gasteiger partial charge in [-0.2, -0.15) is 0 Å². The molecule has 10 heteroatoms. The summed E-state index contributed by atoms with van der Waals surface area (Å²) < 4.78 is 7.29. The molecule has 37 heavy (non-hydrogen) atoms. The zero-order chi connectivity index (χ0) is 26.5. The first kappa shape index (κ1) is 27.4. The Morgan fingerprint density at radius 2 is 1.65 bits per heavy atom. The fourth-order valence-electron chi connectivity index (χ4n) is 3.49. The lowest BCUT2D eigenvalue weighted by Gasteiger charge is -2.13. The highest BCUT2D eigenvalue weighted by Gasteiger charge is 2.36. The lowest BCUT2D eigenvalue weighted by molar-refractivity contribution is -0.127. The van der Waals surface area contributed by atoms with E-state index < -0.39 is 17.1 Å². The van der Waals surface area contributed by atoms with Gasteiger partial charge in [-0.15, -0.1) is 0 Å². The van der Waals surface area contributed by atoms with Gasteiger partial charge < -0.3 is 10.1 Å². The van der Waals surface area contributed by atoms with Gasteiger partial charge in [0.15, 0.2) is 0 Å². The Bertz CT molecular complexity index is 1360. The van der Waals surface area contributed by atoms with Crippen molar-refractivity contribution in [2.24, 2.45) is 0 Å². The summed E-state index contributed by atoms with van der Waals surface area (Å²) in [6.07, 6.45) is 2.51. The number of aryl methyl sites for hydroxylation is 1. The van der Waals surface area contributed by atoms with Crippen LogP contribution in [0.15, 0.2) is 74.5 Å². The van der Waals surface area contributed by atoms with E-state index in [0.29, 0.717) is 37.6 Å². The minimum absolute atomic E-state index is 0.235. The molecular weight excluding hydrogens is 644 g/mol. The second kappa shape index (κ2) is 12.3. The number of hydrogen-bond acceptors (Lipinski definition) is 5. The van der Waals surface area contributed by atoms with Crippen LogP contribution in [0.2, 0.25) is 5.02 Å². The molecule has 1 fully saturated rings. The fourth-order valence-corrected chi connectivity index (χ4v) is 5.91. The summed E-state index contributed by atoms with van der Waals surface area (Å²) in [5.74, 6) is -0.355. The number of carbonyl (C=O) groups excluding carboxylic acids is 3. The second-order valence-corrected chi connectivity index (χ2v) is 11.2. The van der Waals surface area contributed by atoms with Gasteiger partial charge in [0.25, 0.3) is 11.1 Å². The molecule has 3 amide bonds. The normalized spacial score (nSPS) is 14.4. The van der Waals surface area contributed by atoms with Crippen LogP contribution < -0.4 is 10.1 Å². The third-order valence-corrected chi connectivity index (χ3v) is 7.77. The Balaban J connectivity index is 1.41. The molecule has 0 saturated carbocycles. The Morgan fingerprint density at radius 1 is 1.03 bits per heavy atom. The van der Waals surface area contributed by atoms with E-state index in [4.69, 9.17) is 16.3 Å². The van der Waals surface area contributed by atoms with Crippen molar-refractivity contribution < 1.29 is 19.1 Å². The van der Waals surface area contributed by atoms with Gasteiger partial charge in [0.05, 0.1) is 13.9 Å². The van der Waals surface area contributed by atoms with Crippen molar-refractivity contribution in [2.75, 3.05) is 11.9 Å². The number of imide groups is 1. The number of anilines is 1. The summed E-state index contributed by atoms with van der Waals surface area (Å²) in [4.78, 5) is 39.0. The molecular formula is C27H21Br2ClN2O4S. The highest BCUT2D eigenvalue weighted by molar-refractivity contribution is 9.11. The van der Waals surface area contributed by atoms with Crippen molar-refractivity contribution in [1.82, 2.24) is 4.90 Å². The summed E-state index contributed by atoms with van der Waals surface area (Å²) in [6.45, 7) is 2.03. The third kappa shape index (κ3) is 7.04. The summed E-state index contributed by atoms with van der Waals surface area (Å²) >= 11 is 13.8. The maximum absolute atomic E-state index is 12.9. The smallest absolute Gasteiger partial charge is 0.294 e. The van der Waals surface area contributed by atoms with E-state index in [-0.39, 0.29) is 11.4 Å². The number of ether oxygens (including phenoxy) is 1. The first-order chi connectivity index (χ1) is 17.7. The fraction of sp³-hybridized carbons (Fsp3) is 0.148. The van der Waals surface area contributed by atoms with Crippen molar-refractivity contribution >= 4 is 84.0 Å². The summed E-state index contributed by atoms with van der Waals surface area (Å²) in [6, 6.07) is 18.4. The van der Waals surface area contributed by atoms with Crippen molar-refractivity contribution in [3.05, 3.63) is 96.2 Å². The molecule has 6 nitrogen and oxygen atoms in total. The summed E-state index contributed by atoms with van der Waals surface area (Å²) in [5, 5.41) is 2.89. The van der Waals surface area contributed by atoms with Gasteiger partial charge in [-0.1, -0.05) is 42.8 Å². The van der Waals surface area contributed by atoms with Gasteiger partial charge in [-0.25, -0.2) is 0 Å². The molecule has 0 aliphatic carbocycles. The van der Waals surface area contributed by atoms with Crippen LogP contribution in [-0.4, -0.2) is 28.5 Å². The van der Waals surface area contributed by atoms with Gasteiger partial charge in [-0.05, 0) is 109 Å². The first-order valence-electron chi connectivity index (χ1n) is 11.2. The molecule has 1 saturated heterocycles. The number of rotatable bonds is 8. The van der Waals surface area contributed by atoms with Crippen LogP contribution in [0.25, 0.3) is 6.08 Å². The molecule has 3 aromatic rings. The first-order valence-corrected chi connectivity index (χ1v) is 14.0. The third-order valence-electron chi connectivity index (χ3n) is 5.44. The molecule has 0 aromatic heterocycles. The average Bonchev–Trinajstić information content (AvgIpc) is 3.12. The molecule has 0 radical (unpaired) electrons. The molecule has 0 unspecified atom stereocenters. The van der Waals surface area contributed by atoms with E-state index in [2.05, 4.69) is 37.2 Å². The molecule has 0 atom stereocenters. The largest absolute Gasteiger partial charge is 0.487 e. The van der Waals surface area contributed by atoms with Gasteiger partial charge in [-0.3, -0.25) is 19.3 Å². The van der Waals surface area contributed by atoms with Crippen molar-refractivity contribution in [3.8, 4) is 5.75 Å². The van der Waals surface area contributed by atoms with E-state index in [1.807, 2.05) is 31.2 Å². The number of nitrogens with one attached hydrogen (secondary N) is 1. The van der Waals surface area contributed by atoms with Crippen molar-refractivity contribution in [3.63, 3.8) is 0 Å². The molecule has 1 aliphatic heterocycles. The molecule has 1 N–H and O–H groups in total. The Kier molecular flexibility index (Phi) is 9.13. The predicted molar refractivity (Wildman–Crippen MR) is 155 cm³/mol. The number of thioether (sulfide) groups is 1. The highest BCUT2D eigenvalue weighted by Crippen LogP contribution is 2.38. The lowest BCUT2D eigenvalue weighted by atomic mass is 10.1. The van der Waals surface area contributed by atoms with Gasteiger partial charge in [0, 0.05) is 10.7 Å². The second-order valence-electron chi connectivity index (χ2n) is 8.10. The predicted octanol–water partition coefficient (Wildman–Crippen LogP) is 7.68. The topological polar surface area (TPSA) is 75.7 Å². The van der Waals surface area contributed by atoms with Gasteiger partial charge in [0.1, 0.15) is 18.9 Å². The number of carbonyl (C=O) groups is 3. The van der Waals surface area contributed by atoms with Crippen LogP contribution in [-0.2, 0) is 22.6 Å². The molecule has 0 bridgehead atoms. The molecule has 3 aromatic carbocycles. The number of nitrogens with zero attached hydrogens (tertiary/aromatic N) is 1. The Morgan fingerprint density at radius 3 is 2.27 bits per heavy atom. The van der Waals surface area contributed by atoms with E-state index in [0.717, 1.165) is 34.2 Å². The number of halogens is 3. The highest BCUT2D eigenvalue weighted by atomic mass is 79.9. The summed E-state index contributed by atoms with van der Waals surface area (Å²) in [5.41, 5.74) is 3.40. The van der Waals surface area contributed by atoms with Crippen molar-refractivity contribution in [2.45, 2.75) is 20.0 Å². The standard InChI is InChI=1S/C27H21Br2ClN2O4S/c1-2-16-5-9-20(10-6-16)31-24(33)14-32-26(34)23(37-27(32)35)13-18-11-21(28)25(22(29)12-18)36-15-17-3-7-19(30)8-4-17/h3-13H,2,14-15H2,1H3,(H,31,33)/b23-13+. The van der Waals surface area contributed by atoms with Crippen LogP contribution in [0.1, 0.15) is 23.6 Å². The van der Waals surface area contributed by atoms with Gasteiger partial charge >= 0.3 is 0 Å². The minimum atomic E-state index is -0.512. The maximum atomic E-state index is 12.9. The SMILES string of the molecule is CCc1ccc(NC(=O)CN2C(=O)S/C(=C/c3cc(Br)c(OCc4ccc(Cl)cc4)c(Br)c3)C2=O)cc1. The Labute approximate surface area is 240 Å². The van der Waals surface area contributed by atoms with E-state index in [9.17, 15) is 14.4 Å². The van der Waals surface area contributed by atoms with E-state index >= 15 is 0 Å². The van der Waals surface area contributed by atoms with E-state index in [1.165, 1.54) is 0 Å². The van der Waals surface area contributed by atoms with Crippen molar-refractivity contribution in [1.29, 1.82) is 0 Å². The monoisotopic (exact) mass is 662 g/mol. The molecule has 4 rings (SSSR count). The molecule has 190 valence electrons. The van der Waals surface area contributed by atoms with E-state index in [1.54, 1.807) is 42.5 Å². The molecule has 0 spiro atoms. The lowest BCUT2D eigenvalue weighted by Crippen LogP contribution is -2.36. The van der Waals surface area contributed by atoms with Gasteiger partial charge in [0.2, 0.25) is 5.91 Å². The Hall–Kier alpha value is -2.59. The zero-order valence-electron chi connectivity index (χ0n) is 19.6. The average molecular weight is 665 g/mol. The number of benzene rings is 3. The number of amides is 3. The maximum Gasteiger partial charge on any atom is 0.294 e. The van der Waals surface area contributed by atoms with Crippen LogP contribution >= 0.6 is 55.2 Å². The zero-order valence-corrected chi connectivity index (χ0v) is 24.3. The van der Waals surface area contributed by atoms with Crippen LogP contribution in [0, 0.1) is 0 Å². The van der Waals surface area contributed by atoms with Crippen LogP contribution in [0.3, 0.4) is 0 Å². The quantitative estimate of drug-likeness (QED) is 0.250. The molecule has 1 heterocycles. The van der Waals surface area contributed by atoms with Crippen LogP contribution in [0.5, 0.6) is 5.75 Å². The molecule has 1 aliphatic rings. The summed E-state index contributed by atoms with van der Waals surface area (Å²) in [7, 11) is 0. The minimum Gasteiger partial charge on any atom is -0.487 e. The van der Waals surface area contributed by atoms with Crippen LogP contribution in [0.4, 0.5) is 10.5 Å².